The van der Waals surface area contributed by atoms with Crippen molar-refractivity contribution in [3.63, 3.8) is 0 Å². The van der Waals surface area contributed by atoms with Crippen LogP contribution < -0.4 is 0 Å². The zero-order chi connectivity index (χ0) is 10.9. The van der Waals surface area contributed by atoms with E-state index in [0.29, 0.717) is 5.02 Å². The van der Waals surface area contributed by atoms with Crippen LogP contribution in [0.5, 0.6) is 0 Å². The molecule has 1 atom stereocenters. The Morgan fingerprint density at radius 3 is 2.50 bits per heavy atom. The molecule has 1 unspecified atom stereocenters. The molecule has 0 fully saturated rings. The highest BCUT2D eigenvalue weighted by Gasteiger charge is 2.17. The van der Waals surface area contributed by atoms with E-state index < -0.39 is 11.9 Å². The van der Waals surface area contributed by atoms with Gasteiger partial charge in [0.25, 0.3) is 0 Å². The Bertz CT molecular complexity index is 372. The van der Waals surface area contributed by atoms with Crippen LogP contribution in [0.25, 0.3) is 0 Å². The van der Waals surface area contributed by atoms with E-state index in [1.807, 2.05) is 26.0 Å². The standard InChI is InChI=1S/C11H13ClO2/c1-6-4-9(8(3)11(13)14)7(2)10(12)5-6/h4-5,8H,1-3H3,(H,13,14). The normalized spacial score (nSPS) is 12.6. The highest BCUT2D eigenvalue weighted by atomic mass is 35.5. The number of rotatable bonds is 2. The molecule has 1 aromatic carbocycles. The molecule has 0 saturated carbocycles. The lowest BCUT2D eigenvalue weighted by molar-refractivity contribution is -0.138. The Balaban J connectivity index is 3.26. The number of hydrogen-bond donors (Lipinski definition) is 1. The summed E-state index contributed by atoms with van der Waals surface area (Å²) < 4.78 is 0. The van der Waals surface area contributed by atoms with E-state index in [9.17, 15) is 4.79 Å². The second-order valence-corrected chi connectivity index (χ2v) is 3.93. The summed E-state index contributed by atoms with van der Waals surface area (Å²) in [6.07, 6.45) is 0. The fraction of sp³-hybridized carbons (Fsp3) is 0.364. The SMILES string of the molecule is Cc1cc(Cl)c(C)c(C(C)C(=O)O)c1. The lowest BCUT2D eigenvalue weighted by Gasteiger charge is -2.12. The molecule has 0 aliphatic rings. The van der Waals surface area contributed by atoms with Crippen LogP contribution in [0.15, 0.2) is 12.1 Å². The molecule has 0 heterocycles. The Morgan fingerprint density at radius 1 is 1.43 bits per heavy atom. The van der Waals surface area contributed by atoms with Gasteiger partial charge in [-0.3, -0.25) is 4.79 Å². The molecule has 14 heavy (non-hydrogen) atoms. The molecule has 0 radical (unpaired) electrons. The predicted molar refractivity (Wildman–Crippen MR) is 57.0 cm³/mol. The minimum absolute atomic E-state index is 0.507. The lowest BCUT2D eigenvalue weighted by atomic mass is 9.95. The lowest BCUT2D eigenvalue weighted by Crippen LogP contribution is -2.09. The summed E-state index contributed by atoms with van der Waals surface area (Å²) in [5.41, 5.74) is 2.64. The van der Waals surface area contributed by atoms with Gasteiger partial charge in [0.15, 0.2) is 0 Å². The number of carboxylic acid groups (broad SMARTS) is 1. The summed E-state index contributed by atoms with van der Waals surface area (Å²) in [6.45, 7) is 5.42. The Hall–Kier alpha value is -1.02. The van der Waals surface area contributed by atoms with Gasteiger partial charge in [0.05, 0.1) is 5.92 Å². The van der Waals surface area contributed by atoms with E-state index in [4.69, 9.17) is 16.7 Å². The molecule has 0 aromatic heterocycles. The molecule has 0 spiro atoms. The molecule has 0 saturated heterocycles. The summed E-state index contributed by atoms with van der Waals surface area (Å²) in [5, 5.41) is 9.53. The van der Waals surface area contributed by atoms with Crippen molar-refractivity contribution < 1.29 is 9.90 Å². The van der Waals surface area contributed by atoms with Crippen LogP contribution in [-0.2, 0) is 4.79 Å². The number of hydrogen-bond acceptors (Lipinski definition) is 1. The molecule has 0 bridgehead atoms. The topological polar surface area (TPSA) is 37.3 Å². The first-order valence-corrected chi connectivity index (χ1v) is 4.80. The predicted octanol–water partition coefficient (Wildman–Crippen LogP) is 3.14. The first-order valence-electron chi connectivity index (χ1n) is 4.43. The van der Waals surface area contributed by atoms with Gasteiger partial charge in [0.2, 0.25) is 0 Å². The van der Waals surface area contributed by atoms with Crippen LogP contribution in [0.3, 0.4) is 0 Å². The number of carboxylic acids is 1. The van der Waals surface area contributed by atoms with Crippen LogP contribution in [0, 0.1) is 13.8 Å². The third-order valence-electron chi connectivity index (χ3n) is 2.37. The number of carbonyl (C=O) groups is 1. The van der Waals surface area contributed by atoms with E-state index in [1.54, 1.807) is 6.92 Å². The van der Waals surface area contributed by atoms with E-state index in [1.165, 1.54) is 0 Å². The van der Waals surface area contributed by atoms with Crippen molar-refractivity contribution in [2.75, 3.05) is 0 Å². The highest BCUT2D eigenvalue weighted by Crippen LogP contribution is 2.27. The zero-order valence-corrected chi connectivity index (χ0v) is 9.22. The number of halogens is 1. The van der Waals surface area contributed by atoms with Gasteiger partial charge in [-0.25, -0.2) is 0 Å². The summed E-state index contributed by atoms with van der Waals surface area (Å²) in [5.74, 6) is -1.33. The first-order chi connectivity index (χ1) is 6.43. The van der Waals surface area contributed by atoms with E-state index in [0.717, 1.165) is 16.7 Å². The molecule has 1 N–H and O–H groups in total. The van der Waals surface area contributed by atoms with Crippen molar-refractivity contribution in [1.29, 1.82) is 0 Å². The minimum atomic E-state index is -0.824. The second-order valence-electron chi connectivity index (χ2n) is 3.52. The third kappa shape index (κ3) is 2.07. The van der Waals surface area contributed by atoms with E-state index >= 15 is 0 Å². The van der Waals surface area contributed by atoms with Crippen molar-refractivity contribution >= 4 is 17.6 Å². The van der Waals surface area contributed by atoms with Crippen LogP contribution in [0.1, 0.15) is 29.5 Å². The minimum Gasteiger partial charge on any atom is -0.481 e. The summed E-state index contributed by atoms with van der Waals surface area (Å²) >= 11 is 5.97. The maximum atomic E-state index is 10.8. The van der Waals surface area contributed by atoms with Gasteiger partial charge in [-0.15, -0.1) is 0 Å². The van der Waals surface area contributed by atoms with Gasteiger partial charge in [-0.2, -0.15) is 0 Å². The van der Waals surface area contributed by atoms with Crippen LogP contribution in [-0.4, -0.2) is 11.1 Å². The van der Waals surface area contributed by atoms with Gasteiger partial charge in [-0.1, -0.05) is 17.7 Å². The smallest absolute Gasteiger partial charge is 0.310 e. The molecule has 76 valence electrons. The van der Waals surface area contributed by atoms with E-state index in [2.05, 4.69) is 0 Å². The van der Waals surface area contributed by atoms with Gasteiger partial charge < -0.3 is 5.11 Å². The number of benzene rings is 1. The maximum absolute atomic E-state index is 10.8. The summed E-state index contributed by atoms with van der Waals surface area (Å²) in [6, 6.07) is 3.72. The largest absolute Gasteiger partial charge is 0.481 e. The average molecular weight is 213 g/mol. The van der Waals surface area contributed by atoms with Gasteiger partial charge >= 0.3 is 5.97 Å². The molecule has 2 nitrogen and oxygen atoms in total. The molecule has 1 rings (SSSR count). The Labute approximate surface area is 88.5 Å². The van der Waals surface area contributed by atoms with Gasteiger partial charge in [0, 0.05) is 5.02 Å². The van der Waals surface area contributed by atoms with Gasteiger partial charge in [0.1, 0.15) is 0 Å². The molecule has 3 heteroatoms. The van der Waals surface area contributed by atoms with Crippen LogP contribution in [0.2, 0.25) is 5.02 Å². The van der Waals surface area contributed by atoms with E-state index in [-0.39, 0.29) is 0 Å². The molecule has 0 amide bonds. The quantitative estimate of drug-likeness (QED) is 0.818. The third-order valence-corrected chi connectivity index (χ3v) is 2.76. The van der Waals surface area contributed by atoms with Crippen molar-refractivity contribution in [3.8, 4) is 0 Å². The summed E-state index contributed by atoms with van der Waals surface area (Å²) in [7, 11) is 0. The summed E-state index contributed by atoms with van der Waals surface area (Å²) in [4.78, 5) is 10.8. The molecule has 0 aliphatic heterocycles. The highest BCUT2D eigenvalue weighted by molar-refractivity contribution is 6.31. The molecular formula is C11H13ClO2. The average Bonchev–Trinajstić information content (AvgIpc) is 2.09. The fourth-order valence-corrected chi connectivity index (χ4v) is 1.71. The van der Waals surface area contributed by atoms with Crippen molar-refractivity contribution in [3.05, 3.63) is 33.8 Å². The number of aliphatic carboxylic acids is 1. The molecule has 0 aliphatic carbocycles. The first kappa shape index (κ1) is 11.1. The Kier molecular flexibility index (Phi) is 3.17. The molecular weight excluding hydrogens is 200 g/mol. The zero-order valence-electron chi connectivity index (χ0n) is 8.47. The Morgan fingerprint density at radius 2 is 2.00 bits per heavy atom. The molecule has 1 aromatic rings. The second kappa shape index (κ2) is 4.01. The fourth-order valence-electron chi connectivity index (χ4n) is 1.42. The van der Waals surface area contributed by atoms with Crippen molar-refractivity contribution in [1.82, 2.24) is 0 Å². The van der Waals surface area contributed by atoms with Crippen molar-refractivity contribution in [2.45, 2.75) is 26.7 Å². The van der Waals surface area contributed by atoms with Crippen LogP contribution in [0.4, 0.5) is 0 Å². The van der Waals surface area contributed by atoms with Crippen molar-refractivity contribution in [2.24, 2.45) is 0 Å². The number of aryl methyl sites for hydroxylation is 1. The van der Waals surface area contributed by atoms with Crippen LogP contribution >= 0.6 is 11.6 Å². The van der Waals surface area contributed by atoms with Gasteiger partial charge in [-0.05, 0) is 43.5 Å². The monoisotopic (exact) mass is 212 g/mol. The maximum Gasteiger partial charge on any atom is 0.310 e.